The Balaban J connectivity index is 1.70. The molecule has 0 fully saturated rings. The lowest BCUT2D eigenvalue weighted by molar-refractivity contribution is -0.136. The standard InChI is InChI=1S/C26H24N2O3/c1-3-27(23(19-12-6-4-7-13-19)20-14-8-5-9-15-20)24(29)18(2)28-25(30)21-16-10-11-17-22(21)26(28)31/h4-18,23H,3H2,1-2H3. The van der Waals surface area contributed by atoms with E-state index in [9.17, 15) is 14.4 Å². The van der Waals surface area contributed by atoms with Gasteiger partial charge in [0, 0.05) is 6.54 Å². The molecule has 0 radical (unpaired) electrons. The number of imide groups is 1. The molecule has 1 aliphatic rings. The maximum atomic E-state index is 13.7. The number of likely N-dealkylation sites (N-methyl/N-ethyl adjacent to an activating group) is 1. The van der Waals surface area contributed by atoms with Gasteiger partial charge in [0.25, 0.3) is 11.8 Å². The second-order valence-corrected chi connectivity index (χ2v) is 7.55. The Kier molecular flexibility index (Phi) is 5.67. The number of hydrogen-bond donors (Lipinski definition) is 0. The lowest BCUT2D eigenvalue weighted by atomic mass is 9.96. The van der Waals surface area contributed by atoms with Gasteiger partial charge in [-0.15, -0.1) is 0 Å². The maximum Gasteiger partial charge on any atom is 0.262 e. The van der Waals surface area contributed by atoms with E-state index in [1.165, 1.54) is 0 Å². The number of benzene rings is 3. The number of carbonyl (C=O) groups excluding carboxylic acids is 3. The van der Waals surface area contributed by atoms with Crippen LogP contribution in [0.15, 0.2) is 84.9 Å². The predicted octanol–water partition coefficient (Wildman–Crippen LogP) is 4.31. The first-order chi connectivity index (χ1) is 15.0. The van der Waals surface area contributed by atoms with Crippen molar-refractivity contribution in [2.24, 2.45) is 0 Å². The highest BCUT2D eigenvalue weighted by molar-refractivity contribution is 6.22. The smallest absolute Gasteiger partial charge is 0.262 e. The maximum absolute atomic E-state index is 13.7. The van der Waals surface area contributed by atoms with E-state index < -0.39 is 17.9 Å². The molecule has 1 aliphatic heterocycles. The average Bonchev–Trinajstić information content (AvgIpc) is 3.07. The van der Waals surface area contributed by atoms with Crippen molar-refractivity contribution in [1.82, 2.24) is 9.80 Å². The van der Waals surface area contributed by atoms with Gasteiger partial charge in [-0.3, -0.25) is 19.3 Å². The summed E-state index contributed by atoms with van der Waals surface area (Å²) in [6.07, 6.45) is 0. The number of amides is 3. The first-order valence-corrected chi connectivity index (χ1v) is 10.4. The van der Waals surface area contributed by atoms with Gasteiger partial charge in [0.15, 0.2) is 0 Å². The van der Waals surface area contributed by atoms with Crippen LogP contribution in [0.25, 0.3) is 0 Å². The summed E-state index contributed by atoms with van der Waals surface area (Å²) >= 11 is 0. The third-order valence-corrected chi connectivity index (χ3v) is 5.74. The van der Waals surface area contributed by atoms with E-state index in [0.717, 1.165) is 16.0 Å². The molecular weight excluding hydrogens is 388 g/mol. The van der Waals surface area contributed by atoms with Gasteiger partial charge >= 0.3 is 0 Å². The van der Waals surface area contributed by atoms with E-state index in [-0.39, 0.29) is 11.9 Å². The van der Waals surface area contributed by atoms with Crippen LogP contribution in [-0.4, -0.2) is 40.1 Å². The van der Waals surface area contributed by atoms with Crippen molar-refractivity contribution in [2.75, 3.05) is 6.54 Å². The molecule has 156 valence electrons. The number of rotatable bonds is 6. The van der Waals surface area contributed by atoms with Crippen molar-refractivity contribution in [3.8, 4) is 0 Å². The Morgan fingerprint density at radius 1 is 0.774 bits per heavy atom. The fraction of sp³-hybridized carbons (Fsp3) is 0.192. The van der Waals surface area contributed by atoms with Crippen LogP contribution < -0.4 is 0 Å². The summed E-state index contributed by atoms with van der Waals surface area (Å²) in [6.45, 7) is 3.96. The third-order valence-electron chi connectivity index (χ3n) is 5.74. The fourth-order valence-electron chi connectivity index (χ4n) is 4.20. The van der Waals surface area contributed by atoms with Crippen LogP contribution >= 0.6 is 0 Å². The Morgan fingerprint density at radius 2 is 1.19 bits per heavy atom. The summed E-state index contributed by atoms with van der Waals surface area (Å²) in [5.41, 5.74) is 2.63. The normalized spacial score (nSPS) is 14.0. The molecule has 0 bridgehead atoms. The molecule has 1 atom stereocenters. The topological polar surface area (TPSA) is 57.7 Å². The molecule has 0 aliphatic carbocycles. The third kappa shape index (κ3) is 3.63. The summed E-state index contributed by atoms with van der Waals surface area (Å²) < 4.78 is 0. The van der Waals surface area contributed by atoms with Crippen LogP contribution in [0.1, 0.15) is 51.7 Å². The van der Waals surface area contributed by atoms with Crippen molar-refractivity contribution in [2.45, 2.75) is 25.9 Å². The summed E-state index contributed by atoms with van der Waals surface area (Å²) in [5.74, 6) is -1.11. The number of fused-ring (bicyclic) bond motifs is 1. The molecule has 5 heteroatoms. The molecule has 0 aromatic heterocycles. The van der Waals surface area contributed by atoms with Crippen LogP contribution in [0.5, 0.6) is 0 Å². The molecular formula is C26H24N2O3. The van der Waals surface area contributed by atoms with Gasteiger partial charge in [0.1, 0.15) is 6.04 Å². The van der Waals surface area contributed by atoms with Gasteiger partial charge < -0.3 is 4.90 Å². The molecule has 3 aromatic rings. The minimum Gasteiger partial charge on any atom is -0.330 e. The van der Waals surface area contributed by atoms with Crippen LogP contribution in [-0.2, 0) is 4.79 Å². The average molecular weight is 412 g/mol. The van der Waals surface area contributed by atoms with Crippen LogP contribution in [0.4, 0.5) is 0 Å². The summed E-state index contributed by atoms with van der Waals surface area (Å²) in [5, 5.41) is 0. The predicted molar refractivity (Wildman–Crippen MR) is 119 cm³/mol. The van der Waals surface area contributed by atoms with E-state index >= 15 is 0 Å². The van der Waals surface area contributed by atoms with Gasteiger partial charge in [-0.05, 0) is 37.1 Å². The minimum atomic E-state index is -0.915. The Bertz CT molecular complexity index is 1040. The monoisotopic (exact) mass is 412 g/mol. The SMILES string of the molecule is CCN(C(=O)C(C)N1C(=O)c2ccccc2C1=O)C(c1ccccc1)c1ccccc1. The lowest BCUT2D eigenvalue weighted by Gasteiger charge is -2.35. The molecule has 0 spiro atoms. The van der Waals surface area contributed by atoms with E-state index in [0.29, 0.717) is 17.7 Å². The molecule has 1 heterocycles. The van der Waals surface area contributed by atoms with Crippen molar-refractivity contribution >= 4 is 17.7 Å². The second-order valence-electron chi connectivity index (χ2n) is 7.55. The molecule has 31 heavy (non-hydrogen) atoms. The van der Waals surface area contributed by atoms with E-state index in [2.05, 4.69) is 0 Å². The van der Waals surface area contributed by atoms with Crippen LogP contribution in [0.3, 0.4) is 0 Å². The van der Waals surface area contributed by atoms with Crippen molar-refractivity contribution in [1.29, 1.82) is 0 Å². The van der Waals surface area contributed by atoms with Gasteiger partial charge in [-0.1, -0.05) is 72.8 Å². The molecule has 4 rings (SSSR count). The molecule has 3 amide bonds. The molecule has 0 N–H and O–H groups in total. The zero-order valence-corrected chi connectivity index (χ0v) is 17.6. The Hall–Kier alpha value is -3.73. The van der Waals surface area contributed by atoms with Crippen molar-refractivity contribution in [3.05, 3.63) is 107 Å². The first-order valence-electron chi connectivity index (χ1n) is 10.4. The quantitative estimate of drug-likeness (QED) is 0.567. The zero-order chi connectivity index (χ0) is 22.0. The Labute approximate surface area is 181 Å². The molecule has 1 unspecified atom stereocenters. The largest absolute Gasteiger partial charge is 0.330 e. The zero-order valence-electron chi connectivity index (χ0n) is 17.6. The van der Waals surface area contributed by atoms with Crippen molar-refractivity contribution < 1.29 is 14.4 Å². The van der Waals surface area contributed by atoms with E-state index in [4.69, 9.17) is 0 Å². The minimum absolute atomic E-state index is 0.269. The van der Waals surface area contributed by atoms with Gasteiger partial charge in [-0.25, -0.2) is 0 Å². The summed E-state index contributed by atoms with van der Waals surface area (Å²) in [7, 11) is 0. The molecule has 5 nitrogen and oxygen atoms in total. The lowest BCUT2D eigenvalue weighted by Crippen LogP contribution is -2.50. The van der Waals surface area contributed by atoms with E-state index in [1.807, 2.05) is 67.6 Å². The second kappa shape index (κ2) is 8.56. The molecule has 3 aromatic carbocycles. The number of nitrogens with zero attached hydrogens (tertiary/aromatic N) is 2. The Morgan fingerprint density at radius 3 is 1.61 bits per heavy atom. The fourth-order valence-corrected chi connectivity index (χ4v) is 4.20. The number of carbonyl (C=O) groups is 3. The van der Waals surface area contributed by atoms with Gasteiger partial charge in [-0.2, -0.15) is 0 Å². The first kappa shape index (κ1) is 20.5. The number of hydrogen-bond acceptors (Lipinski definition) is 3. The molecule has 0 saturated carbocycles. The molecule has 0 saturated heterocycles. The highest BCUT2D eigenvalue weighted by Crippen LogP contribution is 2.31. The highest BCUT2D eigenvalue weighted by Gasteiger charge is 2.42. The van der Waals surface area contributed by atoms with Crippen molar-refractivity contribution in [3.63, 3.8) is 0 Å². The summed E-state index contributed by atoms with van der Waals surface area (Å²) in [4.78, 5) is 42.3. The van der Waals surface area contributed by atoms with Gasteiger partial charge in [0.05, 0.1) is 17.2 Å². The highest BCUT2D eigenvalue weighted by atomic mass is 16.2. The van der Waals surface area contributed by atoms with Gasteiger partial charge in [0.2, 0.25) is 5.91 Å². The van der Waals surface area contributed by atoms with Crippen LogP contribution in [0, 0.1) is 0 Å². The van der Waals surface area contributed by atoms with Crippen LogP contribution in [0.2, 0.25) is 0 Å². The van der Waals surface area contributed by atoms with E-state index in [1.54, 1.807) is 36.1 Å². The summed E-state index contributed by atoms with van der Waals surface area (Å²) in [6, 6.07) is 25.0.